The molecule has 8 heteroatoms. The molecular formula is C9H5ClF2N4O. The molecule has 0 radical (unpaired) electrons. The van der Waals surface area contributed by atoms with Gasteiger partial charge in [0, 0.05) is 0 Å². The van der Waals surface area contributed by atoms with Crippen LogP contribution in [0.4, 0.5) is 14.7 Å². The van der Waals surface area contributed by atoms with Crippen LogP contribution in [0, 0.1) is 11.6 Å². The Morgan fingerprint density at radius 1 is 1.12 bits per heavy atom. The third kappa shape index (κ3) is 2.56. The molecule has 1 aromatic carbocycles. The number of aromatic nitrogens is 3. The van der Waals surface area contributed by atoms with Crippen LogP contribution >= 0.6 is 11.6 Å². The van der Waals surface area contributed by atoms with Crippen molar-refractivity contribution in [3.8, 4) is 11.8 Å². The van der Waals surface area contributed by atoms with E-state index in [1.54, 1.807) is 0 Å². The molecule has 0 bridgehead atoms. The number of halogens is 3. The molecule has 88 valence electrons. The molecule has 0 aliphatic heterocycles. The number of nitrogens with zero attached hydrogens (tertiary/aromatic N) is 3. The summed E-state index contributed by atoms with van der Waals surface area (Å²) in [5, 5.41) is -0.232. The van der Waals surface area contributed by atoms with Crippen molar-refractivity contribution in [3.63, 3.8) is 0 Å². The molecule has 0 atom stereocenters. The standard InChI is InChI=1S/C9H5ClF2N4O/c10-7-14-8(13)16-9(15-7)17-6-4(11)2-1-3-5(6)12/h1-3H,(H2,13,14,15,16). The van der Waals surface area contributed by atoms with Crippen LogP contribution in [0.15, 0.2) is 18.2 Å². The zero-order valence-corrected chi connectivity index (χ0v) is 8.95. The molecule has 0 aliphatic carbocycles. The van der Waals surface area contributed by atoms with Crippen LogP contribution in [0.3, 0.4) is 0 Å². The van der Waals surface area contributed by atoms with Gasteiger partial charge in [0.05, 0.1) is 0 Å². The van der Waals surface area contributed by atoms with Gasteiger partial charge in [0.1, 0.15) is 0 Å². The molecule has 0 amide bonds. The van der Waals surface area contributed by atoms with Crippen LogP contribution in [0.2, 0.25) is 5.28 Å². The van der Waals surface area contributed by atoms with E-state index < -0.39 is 17.4 Å². The Bertz CT molecular complexity index is 526. The Balaban J connectivity index is 2.38. The summed E-state index contributed by atoms with van der Waals surface area (Å²) in [5.74, 6) is -2.62. The van der Waals surface area contributed by atoms with Crippen LogP contribution in [0.5, 0.6) is 11.8 Å². The second-order valence-electron chi connectivity index (χ2n) is 2.90. The fourth-order valence-corrected chi connectivity index (χ4v) is 1.22. The van der Waals surface area contributed by atoms with Gasteiger partial charge in [-0.2, -0.15) is 15.0 Å². The lowest BCUT2D eigenvalue weighted by Crippen LogP contribution is -2.02. The van der Waals surface area contributed by atoms with E-state index in [1.807, 2.05) is 0 Å². The zero-order valence-electron chi connectivity index (χ0n) is 8.19. The monoisotopic (exact) mass is 258 g/mol. The summed E-state index contributed by atoms with van der Waals surface area (Å²) in [6, 6.07) is 2.88. The molecule has 2 rings (SSSR count). The first-order valence-electron chi connectivity index (χ1n) is 4.35. The highest BCUT2D eigenvalue weighted by atomic mass is 35.5. The molecule has 0 unspecified atom stereocenters. The SMILES string of the molecule is Nc1nc(Cl)nc(Oc2c(F)cccc2F)n1. The second kappa shape index (κ2) is 4.46. The highest BCUT2D eigenvalue weighted by Gasteiger charge is 2.13. The molecule has 2 aromatic rings. The van der Waals surface area contributed by atoms with Crippen molar-refractivity contribution in [1.82, 2.24) is 15.0 Å². The van der Waals surface area contributed by atoms with Gasteiger partial charge in [0.25, 0.3) is 0 Å². The smallest absolute Gasteiger partial charge is 0.328 e. The Labute approximate surface area is 99.2 Å². The van der Waals surface area contributed by atoms with Gasteiger partial charge in [-0.3, -0.25) is 0 Å². The molecule has 1 heterocycles. The topological polar surface area (TPSA) is 73.9 Å². The summed E-state index contributed by atoms with van der Waals surface area (Å²) < 4.78 is 31.3. The third-order valence-corrected chi connectivity index (χ3v) is 1.89. The number of benzene rings is 1. The van der Waals surface area contributed by atoms with Crippen LogP contribution in [0.1, 0.15) is 0 Å². The van der Waals surface area contributed by atoms with Gasteiger partial charge in [-0.25, -0.2) is 8.78 Å². The van der Waals surface area contributed by atoms with Crippen molar-refractivity contribution in [2.24, 2.45) is 0 Å². The quantitative estimate of drug-likeness (QED) is 0.894. The minimum absolute atomic E-state index is 0.211. The molecule has 0 spiro atoms. The number of anilines is 1. The van der Waals surface area contributed by atoms with E-state index in [2.05, 4.69) is 15.0 Å². The average molecular weight is 259 g/mol. The van der Waals surface area contributed by atoms with Crippen LogP contribution in [-0.2, 0) is 0 Å². The Morgan fingerprint density at radius 2 is 1.76 bits per heavy atom. The van der Waals surface area contributed by atoms with Crippen LogP contribution < -0.4 is 10.5 Å². The summed E-state index contributed by atoms with van der Waals surface area (Å²) in [4.78, 5) is 10.5. The highest BCUT2D eigenvalue weighted by Crippen LogP contribution is 2.25. The maximum absolute atomic E-state index is 13.2. The average Bonchev–Trinajstić information content (AvgIpc) is 2.22. The molecular weight excluding hydrogens is 254 g/mol. The number of rotatable bonds is 2. The largest absolute Gasteiger partial charge is 0.418 e. The van der Waals surface area contributed by atoms with E-state index in [0.717, 1.165) is 12.1 Å². The van der Waals surface area contributed by atoms with E-state index in [0.29, 0.717) is 0 Å². The van der Waals surface area contributed by atoms with E-state index in [-0.39, 0.29) is 17.2 Å². The van der Waals surface area contributed by atoms with Gasteiger partial charge in [0.2, 0.25) is 17.0 Å². The number of hydrogen-bond acceptors (Lipinski definition) is 5. The van der Waals surface area contributed by atoms with Crippen LogP contribution in [-0.4, -0.2) is 15.0 Å². The molecule has 1 aromatic heterocycles. The van der Waals surface area contributed by atoms with E-state index in [1.165, 1.54) is 6.07 Å². The summed E-state index contributed by atoms with van der Waals surface area (Å²) in [6.07, 6.45) is 0. The van der Waals surface area contributed by atoms with Gasteiger partial charge in [-0.15, -0.1) is 0 Å². The van der Waals surface area contributed by atoms with Gasteiger partial charge in [-0.05, 0) is 23.7 Å². The first-order valence-corrected chi connectivity index (χ1v) is 4.73. The zero-order chi connectivity index (χ0) is 12.4. The Hall–Kier alpha value is -2.02. The predicted molar refractivity (Wildman–Crippen MR) is 55.7 cm³/mol. The summed E-state index contributed by atoms with van der Waals surface area (Å²) >= 11 is 5.49. The molecule has 17 heavy (non-hydrogen) atoms. The molecule has 0 saturated heterocycles. The molecule has 0 fully saturated rings. The van der Waals surface area contributed by atoms with Gasteiger partial charge in [0.15, 0.2) is 11.6 Å². The van der Waals surface area contributed by atoms with Gasteiger partial charge >= 0.3 is 6.01 Å². The normalized spacial score (nSPS) is 10.3. The Kier molecular flexibility index (Phi) is 3.01. The molecule has 0 aliphatic rings. The Morgan fingerprint density at radius 3 is 2.35 bits per heavy atom. The highest BCUT2D eigenvalue weighted by molar-refractivity contribution is 6.28. The van der Waals surface area contributed by atoms with Crippen molar-refractivity contribution in [2.75, 3.05) is 5.73 Å². The number of nitrogens with two attached hydrogens (primary N) is 1. The summed E-state index contributed by atoms with van der Waals surface area (Å²) in [5.41, 5.74) is 5.28. The lowest BCUT2D eigenvalue weighted by Gasteiger charge is -2.05. The lowest BCUT2D eigenvalue weighted by atomic mass is 10.3. The number of hydrogen-bond donors (Lipinski definition) is 1. The fraction of sp³-hybridized carbons (Fsp3) is 0. The van der Waals surface area contributed by atoms with Crippen molar-refractivity contribution >= 4 is 17.5 Å². The summed E-state index contributed by atoms with van der Waals surface area (Å²) in [6.45, 7) is 0. The lowest BCUT2D eigenvalue weighted by molar-refractivity contribution is 0.381. The van der Waals surface area contributed by atoms with E-state index in [9.17, 15) is 8.78 Å². The molecule has 5 nitrogen and oxygen atoms in total. The predicted octanol–water partition coefficient (Wildman–Crippen LogP) is 2.18. The van der Waals surface area contributed by atoms with E-state index in [4.69, 9.17) is 22.1 Å². The first-order chi connectivity index (χ1) is 8.06. The van der Waals surface area contributed by atoms with Crippen molar-refractivity contribution < 1.29 is 13.5 Å². The third-order valence-electron chi connectivity index (χ3n) is 1.72. The summed E-state index contributed by atoms with van der Waals surface area (Å²) in [7, 11) is 0. The number of nitrogen functional groups attached to an aromatic ring is 1. The van der Waals surface area contributed by atoms with Gasteiger partial charge < -0.3 is 10.5 Å². The minimum Gasteiger partial charge on any atom is -0.418 e. The van der Waals surface area contributed by atoms with E-state index >= 15 is 0 Å². The maximum atomic E-state index is 13.2. The fourth-order valence-electron chi connectivity index (χ4n) is 1.06. The molecule has 0 saturated carbocycles. The molecule has 2 N–H and O–H groups in total. The van der Waals surface area contributed by atoms with Crippen molar-refractivity contribution in [3.05, 3.63) is 35.1 Å². The second-order valence-corrected chi connectivity index (χ2v) is 3.24. The number of ether oxygens (including phenoxy) is 1. The van der Waals surface area contributed by atoms with Crippen molar-refractivity contribution in [2.45, 2.75) is 0 Å². The first kappa shape index (κ1) is 11.5. The number of para-hydroxylation sites is 1. The minimum atomic E-state index is -0.889. The maximum Gasteiger partial charge on any atom is 0.328 e. The van der Waals surface area contributed by atoms with Crippen molar-refractivity contribution in [1.29, 1.82) is 0 Å². The van der Waals surface area contributed by atoms with Crippen LogP contribution in [0.25, 0.3) is 0 Å². The van der Waals surface area contributed by atoms with Gasteiger partial charge in [-0.1, -0.05) is 6.07 Å².